The zero-order valence-electron chi connectivity index (χ0n) is 18.1. The molecule has 0 heterocycles. The number of sulfonamides is 1. The second kappa shape index (κ2) is 10.3. The second-order valence-corrected chi connectivity index (χ2v) is 9.18. The largest absolute Gasteiger partial charge is 0.452 e. The number of benzene rings is 3. The lowest BCUT2D eigenvalue weighted by molar-refractivity contribution is -0.124. The Bertz CT molecular complexity index is 1260. The summed E-state index contributed by atoms with van der Waals surface area (Å²) in [6.45, 7) is 1.07. The van der Waals surface area contributed by atoms with E-state index in [9.17, 15) is 22.4 Å². The average Bonchev–Trinajstić information content (AvgIpc) is 2.83. The molecule has 0 bridgehead atoms. The first-order chi connectivity index (χ1) is 15.7. The Morgan fingerprint density at radius 1 is 1.00 bits per heavy atom. The molecular formula is C24H23FN2O5S. The smallest absolute Gasteiger partial charge is 0.340 e. The normalized spacial score (nSPS) is 11.0. The number of nitrogens with one attached hydrogen (secondary N) is 1. The van der Waals surface area contributed by atoms with Crippen molar-refractivity contribution in [3.8, 4) is 0 Å². The van der Waals surface area contributed by atoms with Crippen LogP contribution in [0.4, 0.5) is 10.1 Å². The van der Waals surface area contributed by atoms with Gasteiger partial charge in [-0.1, -0.05) is 42.5 Å². The van der Waals surface area contributed by atoms with Crippen molar-refractivity contribution in [1.29, 1.82) is 0 Å². The molecule has 0 saturated carbocycles. The van der Waals surface area contributed by atoms with Gasteiger partial charge in [0.15, 0.2) is 6.61 Å². The summed E-state index contributed by atoms with van der Waals surface area (Å²) in [4.78, 5) is 24.4. The molecule has 0 saturated heterocycles. The molecule has 172 valence electrons. The van der Waals surface area contributed by atoms with Crippen LogP contribution in [0, 0.1) is 12.7 Å². The maximum atomic E-state index is 13.6. The number of para-hydroxylation sites is 1. The Hall–Kier alpha value is -3.72. The van der Waals surface area contributed by atoms with Gasteiger partial charge in [-0.05, 0) is 48.4 Å². The van der Waals surface area contributed by atoms with Crippen LogP contribution in [0.2, 0.25) is 0 Å². The Balaban J connectivity index is 1.67. The van der Waals surface area contributed by atoms with E-state index in [1.165, 1.54) is 37.4 Å². The molecule has 0 atom stereocenters. The number of aryl methyl sites for hydroxylation is 1. The molecule has 0 fully saturated rings. The van der Waals surface area contributed by atoms with Crippen LogP contribution in [-0.4, -0.2) is 33.9 Å². The van der Waals surface area contributed by atoms with Crippen molar-refractivity contribution in [1.82, 2.24) is 5.32 Å². The number of halogens is 1. The first-order valence-electron chi connectivity index (χ1n) is 10.0. The zero-order valence-corrected chi connectivity index (χ0v) is 18.9. The van der Waals surface area contributed by atoms with E-state index in [0.29, 0.717) is 16.8 Å². The number of carbonyl (C=O) groups is 2. The minimum Gasteiger partial charge on any atom is -0.452 e. The van der Waals surface area contributed by atoms with Gasteiger partial charge < -0.3 is 10.1 Å². The van der Waals surface area contributed by atoms with Gasteiger partial charge >= 0.3 is 5.97 Å². The minimum absolute atomic E-state index is 0.0560. The number of esters is 1. The summed E-state index contributed by atoms with van der Waals surface area (Å²) in [5, 5.41) is 2.53. The molecule has 1 N–H and O–H groups in total. The number of rotatable bonds is 8. The van der Waals surface area contributed by atoms with E-state index in [-0.39, 0.29) is 22.8 Å². The van der Waals surface area contributed by atoms with Crippen molar-refractivity contribution >= 4 is 27.6 Å². The molecule has 3 rings (SSSR count). The molecular weight excluding hydrogens is 447 g/mol. The first kappa shape index (κ1) is 23.9. The van der Waals surface area contributed by atoms with Gasteiger partial charge in [0.1, 0.15) is 10.7 Å². The summed E-state index contributed by atoms with van der Waals surface area (Å²) < 4.78 is 45.9. The molecule has 0 spiro atoms. The monoisotopic (exact) mass is 470 g/mol. The molecule has 1 amide bonds. The summed E-state index contributed by atoms with van der Waals surface area (Å²) in [6, 6.07) is 18.6. The van der Waals surface area contributed by atoms with Gasteiger partial charge in [-0.2, -0.15) is 0 Å². The fourth-order valence-corrected chi connectivity index (χ4v) is 4.37. The second-order valence-electron chi connectivity index (χ2n) is 7.24. The van der Waals surface area contributed by atoms with Crippen molar-refractivity contribution in [2.75, 3.05) is 18.0 Å². The number of carbonyl (C=O) groups excluding carboxylic acids is 2. The fraction of sp³-hybridized carbons (Fsp3) is 0.167. The van der Waals surface area contributed by atoms with Gasteiger partial charge in [0, 0.05) is 13.6 Å². The lowest BCUT2D eigenvalue weighted by Gasteiger charge is -2.20. The topological polar surface area (TPSA) is 92.8 Å². The number of hydrogen-bond acceptors (Lipinski definition) is 5. The molecule has 0 aliphatic heterocycles. The summed E-state index contributed by atoms with van der Waals surface area (Å²) in [5.41, 5.74) is 1.28. The predicted octanol–water partition coefficient (Wildman–Crippen LogP) is 3.43. The molecule has 9 heteroatoms. The van der Waals surface area contributed by atoms with Gasteiger partial charge in [0.25, 0.3) is 15.9 Å². The molecule has 3 aromatic rings. The number of hydrogen-bond donors (Lipinski definition) is 1. The standard InChI is InChI=1S/C24H23FN2O5S/c1-17-12-13-18(14-21(17)25)15-26-23(28)16-32-24(29)20-10-6-7-11-22(20)33(30,31)27(2)19-8-4-3-5-9-19/h3-14H,15-16H2,1-2H3,(H,26,28). The van der Waals surface area contributed by atoms with Crippen LogP contribution in [0.5, 0.6) is 0 Å². The van der Waals surface area contributed by atoms with E-state index in [1.807, 2.05) is 0 Å². The van der Waals surface area contributed by atoms with Crippen LogP contribution < -0.4 is 9.62 Å². The third kappa shape index (κ3) is 5.75. The van der Waals surface area contributed by atoms with Crippen LogP contribution in [0.1, 0.15) is 21.5 Å². The van der Waals surface area contributed by atoms with Gasteiger partial charge in [-0.15, -0.1) is 0 Å². The van der Waals surface area contributed by atoms with E-state index < -0.39 is 28.5 Å². The molecule has 0 radical (unpaired) electrons. The average molecular weight is 471 g/mol. The lowest BCUT2D eigenvalue weighted by Crippen LogP contribution is -2.30. The van der Waals surface area contributed by atoms with Crippen molar-refractivity contribution in [2.45, 2.75) is 18.4 Å². The van der Waals surface area contributed by atoms with Gasteiger partial charge in [0.2, 0.25) is 0 Å². The van der Waals surface area contributed by atoms with E-state index in [1.54, 1.807) is 49.4 Å². The quantitative estimate of drug-likeness (QED) is 0.509. The molecule has 0 aliphatic carbocycles. The number of amides is 1. The summed E-state index contributed by atoms with van der Waals surface area (Å²) in [7, 11) is -2.68. The summed E-state index contributed by atoms with van der Waals surface area (Å²) in [6.07, 6.45) is 0. The van der Waals surface area contributed by atoms with Crippen LogP contribution in [0.3, 0.4) is 0 Å². The van der Waals surface area contributed by atoms with Crippen LogP contribution in [-0.2, 0) is 26.1 Å². The molecule has 0 aromatic heterocycles. The highest BCUT2D eigenvalue weighted by Gasteiger charge is 2.27. The number of ether oxygens (including phenoxy) is 1. The van der Waals surface area contributed by atoms with Gasteiger partial charge in [-0.3, -0.25) is 9.10 Å². The highest BCUT2D eigenvalue weighted by Crippen LogP contribution is 2.24. The highest BCUT2D eigenvalue weighted by molar-refractivity contribution is 7.92. The predicted molar refractivity (Wildman–Crippen MR) is 122 cm³/mol. The highest BCUT2D eigenvalue weighted by atomic mass is 32.2. The van der Waals surface area contributed by atoms with Gasteiger partial charge in [0.05, 0.1) is 11.3 Å². The number of anilines is 1. The number of nitrogens with zero attached hydrogens (tertiary/aromatic N) is 1. The van der Waals surface area contributed by atoms with E-state index in [2.05, 4.69) is 5.32 Å². The molecule has 33 heavy (non-hydrogen) atoms. The van der Waals surface area contributed by atoms with Crippen molar-refractivity contribution in [2.24, 2.45) is 0 Å². The zero-order chi connectivity index (χ0) is 24.0. The first-order valence-corrected chi connectivity index (χ1v) is 11.5. The molecule has 3 aromatic carbocycles. The Morgan fingerprint density at radius 3 is 2.36 bits per heavy atom. The van der Waals surface area contributed by atoms with Crippen molar-refractivity contribution in [3.05, 3.63) is 95.3 Å². The van der Waals surface area contributed by atoms with Crippen LogP contribution >= 0.6 is 0 Å². The van der Waals surface area contributed by atoms with Crippen molar-refractivity contribution < 1.29 is 27.1 Å². The Morgan fingerprint density at radius 2 is 1.67 bits per heavy atom. The molecule has 0 aliphatic rings. The summed E-state index contributed by atoms with van der Waals surface area (Å²) >= 11 is 0. The van der Waals surface area contributed by atoms with Gasteiger partial charge in [-0.25, -0.2) is 17.6 Å². The Kier molecular flexibility index (Phi) is 7.44. The maximum absolute atomic E-state index is 13.6. The third-order valence-electron chi connectivity index (χ3n) is 4.93. The van der Waals surface area contributed by atoms with Crippen LogP contribution in [0.15, 0.2) is 77.7 Å². The minimum atomic E-state index is -4.06. The molecule has 0 unspecified atom stereocenters. The SMILES string of the molecule is Cc1ccc(CNC(=O)COC(=O)c2ccccc2S(=O)(=O)N(C)c2ccccc2)cc1F. The van der Waals surface area contributed by atoms with E-state index >= 15 is 0 Å². The fourth-order valence-electron chi connectivity index (χ4n) is 2.99. The third-order valence-corrected chi connectivity index (χ3v) is 6.77. The summed E-state index contributed by atoms with van der Waals surface area (Å²) in [5.74, 6) is -1.94. The van der Waals surface area contributed by atoms with Crippen molar-refractivity contribution in [3.63, 3.8) is 0 Å². The maximum Gasteiger partial charge on any atom is 0.340 e. The Labute approximate surface area is 191 Å². The molecule has 7 nitrogen and oxygen atoms in total. The van der Waals surface area contributed by atoms with E-state index in [4.69, 9.17) is 4.74 Å². The lowest BCUT2D eigenvalue weighted by atomic mass is 10.1. The van der Waals surface area contributed by atoms with E-state index in [0.717, 1.165) is 4.31 Å². The van der Waals surface area contributed by atoms with Crippen LogP contribution in [0.25, 0.3) is 0 Å².